The van der Waals surface area contributed by atoms with Crippen molar-refractivity contribution < 1.29 is 28.9 Å². The maximum Gasteiger partial charge on any atom is 0.302 e. The number of hydrogen-bond acceptors (Lipinski definition) is 7. The maximum atomic E-state index is 13.5. The van der Waals surface area contributed by atoms with Gasteiger partial charge in [0.2, 0.25) is 5.95 Å². The largest absolute Gasteiger partial charge is 0.507 e. The van der Waals surface area contributed by atoms with E-state index in [1.54, 1.807) is 50.4 Å². The SMILES string of the molecule is CCOc1cc(C2/C(=C(\O)c3ccc(OC)cc3C)C(=O)C(=O)N2c2nc3ccccc3[nH]2)ccc1OC. The van der Waals surface area contributed by atoms with Gasteiger partial charge in [0.25, 0.3) is 5.78 Å². The molecule has 1 atom stereocenters. The van der Waals surface area contributed by atoms with Crippen molar-refractivity contribution in [2.75, 3.05) is 25.7 Å². The second kappa shape index (κ2) is 9.93. The second-order valence-electron chi connectivity index (χ2n) is 8.77. The van der Waals surface area contributed by atoms with Gasteiger partial charge in [-0.1, -0.05) is 18.2 Å². The number of amides is 1. The number of methoxy groups -OCH3 is 2. The van der Waals surface area contributed by atoms with E-state index in [0.29, 0.717) is 51.6 Å². The highest BCUT2D eigenvalue weighted by Crippen LogP contribution is 2.44. The van der Waals surface area contributed by atoms with Crippen molar-refractivity contribution in [1.82, 2.24) is 9.97 Å². The van der Waals surface area contributed by atoms with Crippen LogP contribution in [0.3, 0.4) is 0 Å². The molecular formula is C29H27N3O6. The van der Waals surface area contributed by atoms with Crippen molar-refractivity contribution in [2.45, 2.75) is 19.9 Å². The molecule has 1 unspecified atom stereocenters. The molecule has 1 aromatic heterocycles. The van der Waals surface area contributed by atoms with Gasteiger partial charge in [-0.05, 0) is 67.4 Å². The Balaban J connectivity index is 1.75. The van der Waals surface area contributed by atoms with Crippen LogP contribution in [0, 0.1) is 6.92 Å². The van der Waals surface area contributed by atoms with Crippen LogP contribution in [0.1, 0.15) is 29.7 Å². The zero-order valence-corrected chi connectivity index (χ0v) is 21.4. The molecule has 1 saturated heterocycles. The number of ketones is 1. The van der Waals surface area contributed by atoms with E-state index in [-0.39, 0.29) is 17.3 Å². The number of aliphatic hydroxyl groups excluding tert-OH is 1. The molecule has 2 heterocycles. The third kappa shape index (κ3) is 4.11. The minimum atomic E-state index is -0.984. The Morgan fingerprint density at radius 1 is 1.03 bits per heavy atom. The molecule has 1 aliphatic heterocycles. The number of aryl methyl sites for hydroxylation is 1. The molecule has 0 radical (unpaired) electrons. The van der Waals surface area contributed by atoms with Gasteiger partial charge in [-0.25, -0.2) is 4.98 Å². The number of fused-ring (bicyclic) bond motifs is 1. The number of aliphatic hydroxyl groups is 1. The molecule has 5 rings (SSSR count). The average molecular weight is 514 g/mol. The van der Waals surface area contributed by atoms with Gasteiger partial charge in [0.1, 0.15) is 11.5 Å². The number of benzene rings is 3. The van der Waals surface area contributed by atoms with Crippen LogP contribution in [0.25, 0.3) is 16.8 Å². The predicted molar refractivity (Wildman–Crippen MR) is 143 cm³/mol. The zero-order valence-electron chi connectivity index (χ0n) is 21.4. The molecule has 9 nitrogen and oxygen atoms in total. The smallest absolute Gasteiger partial charge is 0.302 e. The van der Waals surface area contributed by atoms with E-state index < -0.39 is 17.7 Å². The number of hydrogen-bond donors (Lipinski definition) is 2. The van der Waals surface area contributed by atoms with E-state index in [4.69, 9.17) is 14.2 Å². The lowest BCUT2D eigenvalue weighted by molar-refractivity contribution is -0.132. The molecular weight excluding hydrogens is 486 g/mol. The summed E-state index contributed by atoms with van der Waals surface area (Å²) in [5.74, 6) is -0.175. The van der Waals surface area contributed by atoms with E-state index in [1.807, 2.05) is 31.2 Å². The number of H-pyrrole nitrogens is 1. The van der Waals surface area contributed by atoms with Crippen LogP contribution in [-0.2, 0) is 9.59 Å². The fourth-order valence-corrected chi connectivity index (χ4v) is 4.73. The molecule has 0 saturated carbocycles. The second-order valence-corrected chi connectivity index (χ2v) is 8.77. The molecule has 1 amide bonds. The lowest BCUT2D eigenvalue weighted by Gasteiger charge is -2.24. The van der Waals surface area contributed by atoms with E-state index in [9.17, 15) is 14.7 Å². The highest BCUT2D eigenvalue weighted by molar-refractivity contribution is 6.51. The van der Waals surface area contributed by atoms with Crippen LogP contribution in [0.15, 0.2) is 66.2 Å². The Morgan fingerprint density at radius 2 is 1.82 bits per heavy atom. The van der Waals surface area contributed by atoms with Crippen molar-refractivity contribution in [2.24, 2.45) is 0 Å². The van der Waals surface area contributed by atoms with Crippen LogP contribution in [0.5, 0.6) is 17.2 Å². The van der Waals surface area contributed by atoms with Crippen LogP contribution < -0.4 is 19.1 Å². The summed E-state index contributed by atoms with van der Waals surface area (Å²) in [5, 5.41) is 11.5. The summed E-state index contributed by atoms with van der Waals surface area (Å²) in [4.78, 5) is 36.1. The van der Waals surface area contributed by atoms with Crippen molar-refractivity contribution in [3.63, 3.8) is 0 Å². The predicted octanol–water partition coefficient (Wildman–Crippen LogP) is 4.91. The quantitative estimate of drug-likeness (QED) is 0.205. The first-order valence-electron chi connectivity index (χ1n) is 12.1. The summed E-state index contributed by atoms with van der Waals surface area (Å²) in [5.41, 5.74) is 2.92. The number of nitrogens with one attached hydrogen (secondary N) is 1. The van der Waals surface area contributed by atoms with E-state index in [1.165, 1.54) is 12.0 Å². The maximum absolute atomic E-state index is 13.5. The number of imidazole rings is 1. The van der Waals surface area contributed by atoms with Crippen molar-refractivity contribution >= 4 is 34.4 Å². The Bertz CT molecular complexity index is 1560. The van der Waals surface area contributed by atoms with Crippen LogP contribution in [0.2, 0.25) is 0 Å². The molecule has 1 aliphatic rings. The van der Waals surface area contributed by atoms with Gasteiger partial charge in [-0.2, -0.15) is 0 Å². The van der Waals surface area contributed by atoms with Crippen LogP contribution in [0.4, 0.5) is 5.95 Å². The third-order valence-electron chi connectivity index (χ3n) is 6.54. The summed E-state index contributed by atoms with van der Waals surface area (Å²) < 4.78 is 16.5. The third-order valence-corrected chi connectivity index (χ3v) is 6.54. The van der Waals surface area contributed by atoms with Crippen LogP contribution in [-0.4, -0.2) is 47.6 Å². The minimum absolute atomic E-state index is 0.0589. The first kappa shape index (κ1) is 24.9. The molecule has 38 heavy (non-hydrogen) atoms. The number of ether oxygens (including phenoxy) is 3. The zero-order chi connectivity index (χ0) is 27.0. The highest BCUT2D eigenvalue weighted by atomic mass is 16.5. The van der Waals surface area contributed by atoms with Crippen molar-refractivity contribution in [1.29, 1.82) is 0 Å². The number of carbonyl (C=O) groups is 2. The Labute approximate surface area is 219 Å². The molecule has 194 valence electrons. The number of Topliss-reactive ketones (excluding diaryl/α,β-unsaturated/α-hetero) is 1. The molecule has 0 aliphatic carbocycles. The van der Waals surface area contributed by atoms with Gasteiger partial charge in [0.15, 0.2) is 11.5 Å². The topological polar surface area (TPSA) is 114 Å². The van der Waals surface area contributed by atoms with Gasteiger partial charge in [-0.15, -0.1) is 0 Å². The number of rotatable bonds is 7. The first-order valence-corrected chi connectivity index (χ1v) is 12.1. The molecule has 3 aromatic carbocycles. The summed E-state index contributed by atoms with van der Waals surface area (Å²) >= 11 is 0. The van der Waals surface area contributed by atoms with E-state index in [0.717, 1.165) is 0 Å². The summed E-state index contributed by atoms with van der Waals surface area (Å²) in [6.45, 7) is 4.02. The Kier molecular flexibility index (Phi) is 6.50. The van der Waals surface area contributed by atoms with Crippen molar-refractivity contribution in [3.05, 3.63) is 82.9 Å². The molecule has 2 N–H and O–H groups in total. The average Bonchev–Trinajstić information content (AvgIpc) is 3.46. The monoisotopic (exact) mass is 513 g/mol. The number of anilines is 1. The molecule has 1 fully saturated rings. The first-order chi connectivity index (χ1) is 18.4. The van der Waals surface area contributed by atoms with Gasteiger partial charge in [-0.3, -0.25) is 14.5 Å². The molecule has 0 bridgehead atoms. The fourth-order valence-electron chi connectivity index (χ4n) is 4.73. The van der Waals surface area contributed by atoms with E-state index in [2.05, 4.69) is 9.97 Å². The van der Waals surface area contributed by atoms with Gasteiger partial charge >= 0.3 is 5.91 Å². The standard InChI is InChI=1S/C29H27N3O6/c1-5-38-23-15-17(10-13-22(23)37-4)25-24(26(33)19-12-11-18(36-3)14-16(19)2)27(34)28(35)32(25)29-30-20-8-6-7-9-21(20)31-29/h6-15,25,33H,5H2,1-4H3,(H,30,31)/b26-24+. The Morgan fingerprint density at radius 3 is 2.50 bits per heavy atom. The number of para-hydroxylation sites is 2. The highest BCUT2D eigenvalue weighted by Gasteiger charge is 2.48. The Hall–Kier alpha value is -4.79. The summed E-state index contributed by atoms with van der Waals surface area (Å²) in [6.07, 6.45) is 0. The normalized spacial score (nSPS) is 16.7. The molecule has 0 spiro atoms. The number of aromatic nitrogens is 2. The van der Waals surface area contributed by atoms with Crippen molar-refractivity contribution in [3.8, 4) is 17.2 Å². The van der Waals surface area contributed by atoms with E-state index >= 15 is 0 Å². The number of nitrogens with zero attached hydrogens (tertiary/aromatic N) is 2. The van der Waals surface area contributed by atoms with Gasteiger partial charge in [0.05, 0.1) is 43.5 Å². The fraction of sp³-hybridized carbons (Fsp3) is 0.207. The lowest BCUT2D eigenvalue weighted by atomic mass is 9.93. The summed E-state index contributed by atoms with van der Waals surface area (Å²) in [6, 6.07) is 16.6. The summed E-state index contributed by atoms with van der Waals surface area (Å²) in [7, 11) is 3.08. The minimum Gasteiger partial charge on any atom is -0.507 e. The van der Waals surface area contributed by atoms with Gasteiger partial charge in [0, 0.05) is 5.56 Å². The molecule has 4 aromatic rings. The number of carbonyl (C=O) groups excluding carboxylic acids is 2. The number of aromatic amines is 1. The van der Waals surface area contributed by atoms with Crippen LogP contribution >= 0.6 is 0 Å². The lowest BCUT2D eigenvalue weighted by Crippen LogP contribution is -2.30. The molecule has 9 heteroatoms. The van der Waals surface area contributed by atoms with Gasteiger partial charge < -0.3 is 24.3 Å².